The van der Waals surface area contributed by atoms with Crippen molar-refractivity contribution in [2.24, 2.45) is 10.2 Å². The molecule has 0 aliphatic heterocycles. The molecule has 0 aromatic rings. The van der Waals surface area contributed by atoms with Crippen LogP contribution < -0.4 is 10.6 Å². The lowest BCUT2D eigenvalue weighted by atomic mass is 10.0. The van der Waals surface area contributed by atoms with Crippen LogP contribution in [0.1, 0.15) is 40.5 Å². The fraction of sp³-hybridized carbons (Fsp3) is 0.556. The fourth-order valence-electron chi connectivity index (χ4n) is 1.58. The zero-order chi connectivity index (χ0) is 20.4. The van der Waals surface area contributed by atoms with Crippen molar-refractivity contribution in [2.45, 2.75) is 51.6 Å². The number of rotatable bonds is 12. The summed E-state index contributed by atoms with van der Waals surface area (Å²) in [6.45, 7) is 13.3. The maximum Gasteiger partial charge on any atom is 0.249 e. The van der Waals surface area contributed by atoms with Crippen LogP contribution in [0.15, 0.2) is 35.5 Å². The number of carbonyl (C=O) groups excluding carboxylic acids is 4. The van der Waals surface area contributed by atoms with E-state index in [0.29, 0.717) is 0 Å². The predicted molar refractivity (Wildman–Crippen MR) is 98.7 cm³/mol. The number of amides is 2. The highest BCUT2D eigenvalue weighted by Gasteiger charge is 2.31. The Morgan fingerprint density at radius 3 is 1.35 bits per heavy atom. The van der Waals surface area contributed by atoms with E-state index in [0.717, 1.165) is 0 Å². The number of azo groups is 1. The van der Waals surface area contributed by atoms with Gasteiger partial charge in [-0.25, -0.2) is 0 Å². The summed E-state index contributed by atoms with van der Waals surface area (Å²) in [5.74, 6) is -1.16. The highest BCUT2D eigenvalue weighted by Crippen LogP contribution is 2.16. The molecule has 0 saturated heterocycles. The average molecular weight is 364 g/mol. The number of nitrogens with zero attached hydrogens (tertiary/aromatic N) is 2. The van der Waals surface area contributed by atoms with Gasteiger partial charge in [-0.2, -0.15) is 10.2 Å². The standard InChI is InChI=1S/C18H28N4O4/c1-7-13(23)9-11-19-15(25)17(3,4)21-22-18(5,6)16(26)20-12-10-14(24)8-2/h7-8H,1-2,9-12H2,3-6H3,(H,19,25)(H,20,26). The number of carbonyl (C=O) groups is 4. The fourth-order valence-corrected chi connectivity index (χ4v) is 1.58. The molecule has 0 spiro atoms. The Balaban J connectivity index is 4.69. The molecular weight excluding hydrogens is 336 g/mol. The number of allylic oxidation sites excluding steroid dienone is 2. The Bertz CT molecular complexity index is 554. The normalized spacial score (nSPS) is 11.7. The molecule has 144 valence electrons. The van der Waals surface area contributed by atoms with E-state index in [4.69, 9.17) is 0 Å². The van der Waals surface area contributed by atoms with E-state index in [1.165, 1.54) is 12.2 Å². The Labute approximate surface area is 154 Å². The second-order valence-electron chi connectivity index (χ2n) is 6.67. The molecule has 0 aliphatic rings. The van der Waals surface area contributed by atoms with Gasteiger partial charge in [0.1, 0.15) is 0 Å². The first-order valence-corrected chi connectivity index (χ1v) is 8.27. The summed E-state index contributed by atoms with van der Waals surface area (Å²) >= 11 is 0. The molecule has 26 heavy (non-hydrogen) atoms. The lowest BCUT2D eigenvalue weighted by Gasteiger charge is -2.22. The minimum atomic E-state index is -1.20. The molecule has 0 bridgehead atoms. The third-order valence-corrected chi connectivity index (χ3v) is 3.43. The minimum Gasteiger partial charge on any atom is -0.353 e. The molecule has 8 heteroatoms. The third kappa shape index (κ3) is 8.46. The quantitative estimate of drug-likeness (QED) is 0.403. The monoisotopic (exact) mass is 364 g/mol. The summed E-state index contributed by atoms with van der Waals surface area (Å²) in [5.41, 5.74) is -2.40. The maximum atomic E-state index is 12.2. The number of ketones is 2. The maximum absolute atomic E-state index is 12.2. The largest absolute Gasteiger partial charge is 0.353 e. The molecule has 8 nitrogen and oxygen atoms in total. The van der Waals surface area contributed by atoms with Crippen molar-refractivity contribution >= 4 is 23.4 Å². The van der Waals surface area contributed by atoms with Gasteiger partial charge in [-0.1, -0.05) is 13.2 Å². The molecule has 0 aromatic carbocycles. The first kappa shape index (κ1) is 23.4. The van der Waals surface area contributed by atoms with Gasteiger partial charge >= 0.3 is 0 Å². The van der Waals surface area contributed by atoms with Crippen molar-refractivity contribution in [3.8, 4) is 0 Å². The molecule has 0 fully saturated rings. The third-order valence-electron chi connectivity index (χ3n) is 3.43. The van der Waals surface area contributed by atoms with Crippen molar-refractivity contribution in [3.05, 3.63) is 25.3 Å². The molecular formula is C18H28N4O4. The van der Waals surface area contributed by atoms with Gasteiger partial charge in [-0.05, 0) is 39.8 Å². The smallest absolute Gasteiger partial charge is 0.249 e. The van der Waals surface area contributed by atoms with Crippen LogP contribution in [0.2, 0.25) is 0 Å². The van der Waals surface area contributed by atoms with Crippen LogP contribution in [0.3, 0.4) is 0 Å². The van der Waals surface area contributed by atoms with E-state index in [1.54, 1.807) is 27.7 Å². The predicted octanol–water partition coefficient (Wildman–Crippen LogP) is 1.52. The summed E-state index contributed by atoms with van der Waals surface area (Å²) in [6, 6.07) is 0. The second kappa shape index (κ2) is 10.4. The van der Waals surface area contributed by atoms with Crippen LogP contribution in [0, 0.1) is 0 Å². The SMILES string of the molecule is C=CC(=O)CCNC(=O)C(C)(C)N=NC(C)(C)C(=O)NCCC(=O)C=C. The van der Waals surface area contributed by atoms with Gasteiger partial charge in [-0.15, -0.1) is 0 Å². The molecule has 0 radical (unpaired) electrons. The average Bonchev–Trinajstić information content (AvgIpc) is 2.59. The summed E-state index contributed by atoms with van der Waals surface area (Å²) in [7, 11) is 0. The second-order valence-corrected chi connectivity index (χ2v) is 6.67. The first-order valence-electron chi connectivity index (χ1n) is 8.27. The van der Waals surface area contributed by atoms with Crippen molar-refractivity contribution in [3.63, 3.8) is 0 Å². The molecule has 2 N–H and O–H groups in total. The van der Waals surface area contributed by atoms with Gasteiger partial charge in [0.2, 0.25) is 11.8 Å². The topological polar surface area (TPSA) is 117 Å². The zero-order valence-electron chi connectivity index (χ0n) is 15.9. The van der Waals surface area contributed by atoms with Crippen LogP contribution in [0.25, 0.3) is 0 Å². The molecule has 0 aliphatic carbocycles. The molecule has 0 heterocycles. The van der Waals surface area contributed by atoms with Crippen LogP contribution in [0.5, 0.6) is 0 Å². The Morgan fingerprint density at radius 2 is 1.08 bits per heavy atom. The van der Waals surface area contributed by atoms with Gasteiger partial charge in [0.05, 0.1) is 0 Å². The Kier molecular flexibility index (Phi) is 9.32. The van der Waals surface area contributed by atoms with E-state index < -0.39 is 22.9 Å². The molecule has 0 aromatic heterocycles. The van der Waals surface area contributed by atoms with Crippen LogP contribution in [0.4, 0.5) is 0 Å². The minimum absolute atomic E-state index is 0.153. The number of nitrogens with one attached hydrogen (secondary N) is 2. The van der Waals surface area contributed by atoms with Gasteiger partial charge in [-0.3, -0.25) is 19.2 Å². The lowest BCUT2D eigenvalue weighted by Crippen LogP contribution is -2.44. The highest BCUT2D eigenvalue weighted by molar-refractivity contribution is 5.91. The summed E-state index contributed by atoms with van der Waals surface area (Å²) in [4.78, 5) is 46.6. The van der Waals surface area contributed by atoms with E-state index in [2.05, 4.69) is 34.0 Å². The van der Waals surface area contributed by atoms with Crippen LogP contribution >= 0.6 is 0 Å². The van der Waals surface area contributed by atoms with Gasteiger partial charge < -0.3 is 10.6 Å². The van der Waals surface area contributed by atoms with E-state index >= 15 is 0 Å². The van der Waals surface area contributed by atoms with Gasteiger partial charge in [0.25, 0.3) is 0 Å². The summed E-state index contributed by atoms with van der Waals surface area (Å²) in [5, 5.41) is 13.2. The summed E-state index contributed by atoms with van der Waals surface area (Å²) < 4.78 is 0. The van der Waals surface area contributed by atoms with E-state index in [-0.39, 0.29) is 37.5 Å². The molecule has 2 amide bonds. The zero-order valence-corrected chi connectivity index (χ0v) is 15.9. The highest BCUT2D eigenvalue weighted by atomic mass is 16.2. The lowest BCUT2D eigenvalue weighted by molar-refractivity contribution is -0.127. The Morgan fingerprint density at radius 1 is 0.769 bits per heavy atom. The van der Waals surface area contributed by atoms with Crippen molar-refractivity contribution in [2.75, 3.05) is 13.1 Å². The molecule has 0 rings (SSSR count). The first-order chi connectivity index (χ1) is 12.0. The number of hydrogen-bond donors (Lipinski definition) is 2. The van der Waals surface area contributed by atoms with E-state index in [1.807, 2.05) is 0 Å². The summed E-state index contributed by atoms with van der Waals surface area (Å²) in [6.07, 6.45) is 2.70. The van der Waals surface area contributed by atoms with Gasteiger partial charge in [0, 0.05) is 25.9 Å². The van der Waals surface area contributed by atoms with Crippen molar-refractivity contribution < 1.29 is 19.2 Å². The van der Waals surface area contributed by atoms with Crippen LogP contribution in [-0.4, -0.2) is 47.5 Å². The molecule has 0 unspecified atom stereocenters. The van der Waals surface area contributed by atoms with E-state index in [9.17, 15) is 19.2 Å². The Hall–Kier alpha value is -2.64. The van der Waals surface area contributed by atoms with Crippen LogP contribution in [-0.2, 0) is 19.2 Å². The van der Waals surface area contributed by atoms with Gasteiger partial charge in [0.15, 0.2) is 22.6 Å². The van der Waals surface area contributed by atoms with Crippen molar-refractivity contribution in [1.82, 2.24) is 10.6 Å². The number of hydrogen-bond acceptors (Lipinski definition) is 6. The van der Waals surface area contributed by atoms with Crippen molar-refractivity contribution in [1.29, 1.82) is 0 Å². The molecule has 0 saturated carbocycles. The molecule has 0 atom stereocenters.